The number of ether oxygens (including phenoxy) is 1. The van der Waals surface area contributed by atoms with Crippen molar-refractivity contribution in [3.05, 3.63) is 47.3 Å². The standard InChI is InChI=1S/C27H37N5O4/c1-4-36-21-13-11-19(12-14-21)15-16-28-24(33)22-17-23-25(34)31(3)27(2,18-32(23)30-22)26(35)29-20-9-7-5-6-8-10-20/h11-14,17,20H,4-10,15-16,18H2,1-3H3,(H,28,33)(H,29,35)/t27-/m0/s1. The summed E-state index contributed by atoms with van der Waals surface area (Å²) in [6.07, 6.45) is 7.20. The van der Waals surface area contributed by atoms with Crippen molar-refractivity contribution >= 4 is 17.7 Å². The number of hydrogen-bond donors (Lipinski definition) is 2. The molecule has 0 spiro atoms. The van der Waals surface area contributed by atoms with Crippen LogP contribution in [0.2, 0.25) is 0 Å². The zero-order valence-corrected chi connectivity index (χ0v) is 21.5. The van der Waals surface area contributed by atoms with Crippen LogP contribution in [-0.2, 0) is 17.8 Å². The summed E-state index contributed by atoms with van der Waals surface area (Å²) in [4.78, 5) is 40.7. The smallest absolute Gasteiger partial charge is 0.272 e. The summed E-state index contributed by atoms with van der Waals surface area (Å²) in [6, 6.07) is 9.42. The van der Waals surface area contributed by atoms with Crippen LogP contribution in [0.4, 0.5) is 0 Å². The lowest BCUT2D eigenvalue weighted by Crippen LogP contribution is -2.63. The van der Waals surface area contributed by atoms with Crippen LogP contribution in [0.3, 0.4) is 0 Å². The van der Waals surface area contributed by atoms with Gasteiger partial charge in [-0.15, -0.1) is 0 Å². The largest absolute Gasteiger partial charge is 0.494 e. The fourth-order valence-electron chi connectivity index (χ4n) is 4.93. The van der Waals surface area contributed by atoms with Crippen molar-refractivity contribution < 1.29 is 19.1 Å². The molecule has 1 aromatic carbocycles. The second-order valence-corrected chi connectivity index (χ2v) is 9.96. The molecular formula is C27H37N5O4. The summed E-state index contributed by atoms with van der Waals surface area (Å²) >= 11 is 0. The van der Waals surface area contributed by atoms with Gasteiger partial charge in [0.25, 0.3) is 11.8 Å². The van der Waals surface area contributed by atoms with Crippen molar-refractivity contribution in [2.24, 2.45) is 0 Å². The molecule has 1 fully saturated rings. The summed E-state index contributed by atoms with van der Waals surface area (Å²) in [7, 11) is 1.64. The number of likely N-dealkylation sites (N-methyl/N-ethyl adjacent to an activating group) is 1. The molecule has 1 saturated carbocycles. The number of benzene rings is 1. The first-order valence-electron chi connectivity index (χ1n) is 13.0. The molecule has 1 aliphatic carbocycles. The summed E-state index contributed by atoms with van der Waals surface area (Å²) in [5.41, 5.74) is 0.486. The Hall–Kier alpha value is -3.36. The maximum Gasteiger partial charge on any atom is 0.272 e. The molecule has 1 aromatic heterocycles. The van der Waals surface area contributed by atoms with Crippen LogP contribution in [0, 0.1) is 0 Å². The summed E-state index contributed by atoms with van der Waals surface area (Å²) in [5.74, 6) is -0.0187. The minimum atomic E-state index is -1.08. The number of carbonyl (C=O) groups is 3. The number of rotatable bonds is 8. The van der Waals surface area contributed by atoms with Gasteiger partial charge in [-0.25, -0.2) is 0 Å². The van der Waals surface area contributed by atoms with Crippen LogP contribution in [0.1, 0.15) is 78.9 Å². The molecule has 0 saturated heterocycles. The molecule has 1 aliphatic heterocycles. The van der Waals surface area contributed by atoms with Gasteiger partial charge in [0, 0.05) is 25.7 Å². The van der Waals surface area contributed by atoms with Gasteiger partial charge in [-0.1, -0.05) is 37.8 Å². The highest BCUT2D eigenvalue weighted by Gasteiger charge is 2.46. The molecular weight excluding hydrogens is 458 g/mol. The molecule has 9 nitrogen and oxygen atoms in total. The predicted molar refractivity (Wildman–Crippen MR) is 136 cm³/mol. The van der Waals surface area contributed by atoms with E-state index in [0.717, 1.165) is 37.0 Å². The normalized spacial score (nSPS) is 20.4. The van der Waals surface area contributed by atoms with Gasteiger partial charge in [0.05, 0.1) is 13.2 Å². The van der Waals surface area contributed by atoms with Crippen molar-refractivity contribution in [1.82, 2.24) is 25.3 Å². The third kappa shape index (κ3) is 5.55. The van der Waals surface area contributed by atoms with E-state index < -0.39 is 5.54 Å². The maximum absolute atomic E-state index is 13.3. The highest BCUT2D eigenvalue weighted by atomic mass is 16.5. The Morgan fingerprint density at radius 2 is 1.83 bits per heavy atom. The van der Waals surface area contributed by atoms with Crippen LogP contribution < -0.4 is 15.4 Å². The lowest BCUT2D eigenvalue weighted by atomic mass is 9.95. The zero-order chi connectivity index (χ0) is 25.7. The van der Waals surface area contributed by atoms with Gasteiger partial charge in [0.1, 0.15) is 17.0 Å². The Morgan fingerprint density at radius 3 is 2.50 bits per heavy atom. The van der Waals surface area contributed by atoms with E-state index in [9.17, 15) is 14.4 Å². The first kappa shape index (κ1) is 25.7. The van der Waals surface area contributed by atoms with Crippen LogP contribution in [0.5, 0.6) is 5.75 Å². The highest BCUT2D eigenvalue weighted by Crippen LogP contribution is 2.27. The molecule has 0 radical (unpaired) electrons. The van der Waals surface area contributed by atoms with Crippen LogP contribution in [0.25, 0.3) is 0 Å². The van der Waals surface area contributed by atoms with Crippen molar-refractivity contribution in [2.45, 2.75) is 76.9 Å². The topological polar surface area (TPSA) is 106 Å². The van der Waals surface area contributed by atoms with E-state index in [1.54, 1.807) is 14.0 Å². The quantitative estimate of drug-likeness (QED) is 0.548. The molecule has 2 N–H and O–H groups in total. The summed E-state index contributed by atoms with van der Waals surface area (Å²) in [6.45, 7) is 4.95. The third-order valence-electron chi connectivity index (χ3n) is 7.35. The molecule has 36 heavy (non-hydrogen) atoms. The highest BCUT2D eigenvalue weighted by molar-refractivity contribution is 6.01. The van der Waals surface area contributed by atoms with Gasteiger partial charge in [-0.2, -0.15) is 5.10 Å². The number of hydrogen-bond acceptors (Lipinski definition) is 5. The Labute approximate surface area is 212 Å². The molecule has 2 aromatic rings. The Morgan fingerprint density at radius 1 is 1.14 bits per heavy atom. The fourth-order valence-corrected chi connectivity index (χ4v) is 4.93. The zero-order valence-electron chi connectivity index (χ0n) is 21.5. The van der Waals surface area contributed by atoms with Gasteiger partial charge in [0.15, 0.2) is 5.69 Å². The lowest BCUT2D eigenvalue weighted by Gasteiger charge is -2.41. The first-order chi connectivity index (χ1) is 17.3. The van der Waals surface area contributed by atoms with E-state index in [1.165, 1.54) is 28.5 Å². The van der Waals surface area contributed by atoms with Gasteiger partial charge >= 0.3 is 0 Å². The number of carbonyl (C=O) groups excluding carboxylic acids is 3. The van der Waals surface area contributed by atoms with Gasteiger partial charge in [-0.05, 0) is 50.8 Å². The summed E-state index contributed by atoms with van der Waals surface area (Å²) in [5, 5.41) is 10.4. The summed E-state index contributed by atoms with van der Waals surface area (Å²) < 4.78 is 6.95. The van der Waals surface area contributed by atoms with E-state index in [0.29, 0.717) is 25.3 Å². The van der Waals surface area contributed by atoms with Crippen molar-refractivity contribution in [3.8, 4) is 5.75 Å². The minimum Gasteiger partial charge on any atom is -0.494 e. The van der Waals surface area contributed by atoms with Crippen molar-refractivity contribution in [2.75, 3.05) is 20.2 Å². The Bertz CT molecular complexity index is 1090. The maximum atomic E-state index is 13.3. The van der Waals surface area contributed by atoms with Gasteiger partial charge in [0.2, 0.25) is 5.91 Å². The Balaban J connectivity index is 1.38. The molecule has 0 unspecified atom stereocenters. The third-order valence-corrected chi connectivity index (χ3v) is 7.35. The minimum absolute atomic E-state index is 0.135. The number of aromatic nitrogens is 2. The Kier molecular flexibility index (Phi) is 7.96. The number of fused-ring (bicyclic) bond motifs is 1. The first-order valence-corrected chi connectivity index (χ1v) is 13.0. The van der Waals surface area contributed by atoms with Crippen LogP contribution in [0.15, 0.2) is 30.3 Å². The average Bonchev–Trinajstić information content (AvgIpc) is 3.12. The van der Waals surface area contributed by atoms with Gasteiger partial charge in [-0.3, -0.25) is 19.1 Å². The van der Waals surface area contributed by atoms with Crippen molar-refractivity contribution in [1.29, 1.82) is 0 Å². The predicted octanol–water partition coefficient (Wildman–Crippen LogP) is 2.94. The molecule has 9 heteroatoms. The van der Waals surface area contributed by atoms with Gasteiger partial charge < -0.3 is 20.3 Å². The van der Waals surface area contributed by atoms with Crippen LogP contribution in [-0.4, -0.2) is 64.2 Å². The van der Waals surface area contributed by atoms with E-state index in [-0.39, 0.29) is 36.0 Å². The molecule has 0 bridgehead atoms. The van der Waals surface area contributed by atoms with Crippen molar-refractivity contribution in [3.63, 3.8) is 0 Å². The molecule has 2 heterocycles. The second-order valence-electron chi connectivity index (χ2n) is 9.96. The second kappa shape index (κ2) is 11.1. The number of nitrogens with zero attached hydrogens (tertiary/aromatic N) is 3. The van der Waals surface area contributed by atoms with Crippen LogP contribution >= 0.6 is 0 Å². The van der Waals surface area contributed by atoms with E-state index in [4.69, 9.17) is 4.74 Å². The molecule has 4 rings (SSSR count). The molecule has 194 valence electrons. The fraction of sp³-hybridized carbons (Fsp3) is 0.556. The molecule has 1 atom stereocenters. The number of amides is 3. The van der Waals surface area contributed by atoms with E-state index in [2.05, 4.69) is 15.7 Å². The average molecular weight is 496 g/mol. The molecule has 2 aliphatic rings. The SMILES string of the molecule is CCOc1ccc(CCNC(=O)c2cc3n(n2)C[C@@](C)(C(=O)NC2CCCCCC2)N(C)C3=O)cc1. The van der Waals surface area contributed by atoms with E-state index >= 15 is 0 Å². The lowest BCUT2D eigenvalue weighted by molar-refractivity contribution is -0.133. The van der Waals surface area contributed by atoms with E-state index in [1.807, 2.05) is 31.2 Å². The monoisotopic (exact) mass is 495 g/mol. The molecule has 3 amide bonds. The number of nitrogens with one attached hydrogen (secondary N) is 2.